The number of hydrogen-bond acceptors (Lipinski definition) is 6. The van der Waals surface area contributed by atoms with Gasteiger partial charge in [-0.1, -0.05) is 6.58 Å². The Labute approximate surface area is 171 Å². The first-order valence-electron chi connectivity index (χ1n) is 9.76. The summed E-state index contributed by atoms with van der Waals surface area (Å²) in [5.41, 5.74) is 2.40. The van der Waals surface area contributed by atoms with E-state index in [1.165, 1.54) is 6.07 Å². The van der Waals surface area contributed by atoms with Crippen LogP contribution in [0.1, 0.15) is 25.0 Å². The standard InChI is InChI=1S/C21H21F2N5O2/c1-11-10-29-18-9-28-20-16(7-25-28)13(3)24-6-12(2)30-19-14(4-15(22)5-17(19)23)8-27(11)21(18)26-20/h4-5,7,9,11-12,24H,3,6,8,10H2,1-2H3/t11-,12+/m1/s1. The number of nitrogens with one attached hydrogen (secondary N) is 1. The number of benzene rings is 1. The third-order valence-corrected chi connectivity index (χ3v) is 5.40. The molecule has 1 N–H and O–H groups in total. The second-order valence-electron chi connectivity index (χ2n) is 7.71. The molecule has 1 aromatic carbocycles. The first-order chi connectivity index (χ1) is 14.4. The number of nitrogens with zero attached hydrogens (tertiary/aromatic N) is 4. The Kier molecular flexibility index (Phi) is 4.27. The van der Waals surface area contributed by atoms with E-state index in [1.54, 1.807) is 16.9 Å². The number of fused-ring (bicyclic) bond motifs is 1. The molecule has 0 amide bonds. The number of anilines is 1. The average Bonchev–Trinajstić information content (AvgIpc) is 3.12. The molecule has 0 unspecified atom stereocenters. The predicted octanol–water partition coefficient (Wildman–Crippen LogP) is 3.14. The van der Waals surface area contributed by atoms with E-state index in [0.717, 1.165) is 11.6 Å². The summed E-state index contributed by atoms with van der Waals surface area (Å²) in [6, 6.07) is 2.08. The van der Waals surface area contributed by atoms with E-state index in [-0.39, 0.29) is 24.4 Å². The van der Waals surface area contributed by atoms with Gasteiger partial charge >= 0.3 is 0 Å². The maximum Gasteiger partial charge on any atom is 0.180 e. The van der Waals surface area contributed by atoms with Gasteiger partial charge in [0.15, 0.2) is 28.8 Å². The van der Waals surface area contributed by atoms with Gasteiger partial charge in [0.05, 0.1) is 30.5 Å². The van der Waals surface area contributed by atoms with E-state index in [1.807, 2.05) is 18.7 Å². The van der Waals surface area contributed by atoms with Crippen LogP contribution in [0.4, 0.5) is 14.6 Å². The molecule has 30 heavy (non-hydrogen) atoms. The molecule has 2 aromatic heterocycles. The van der Waals surface area contributed by atoms with Crippen LogP contribution in [0.2, 0.25) is 0 Å². The van der Waals surface area contributed by atoms with E-state index in [9.17, 15) is 8.78 Å². The van der Waals surface area contributed by atoms with Crippen LogP contribution in [0.25, 0.3) is 11.3 Å². The summed E-state index contributed by atoms with van der Waals surface area (Å²) >= 11 is 0. The van der Waals surface area contributed by atoms with Crippen molar-refractivity contribution in [1.29, 1.82) is 0 Å². The van der Waals surface area contributed by atoms with Gasteiger partial charge in [-0.15, -0.1) is 0 Å². The van der Waals surface area contributed by atoms with Gasteiger partial charge in [-0.25, -0.2) is 18.3 Å². The Morgan fingerprint density at radius 1 is 1.27 bits per heavy atom. The predicted molar refractivity (Wildman–Crippen MR) is 108 cm³/mol. The van der Waals surface area contributed by atoms with Gasteiger partial charge < -0.3 is 19.7 Å². The van der Waals surface area contributed by atoms with Crippen molar-refractivity contribution in [2.75, 3.05) is 18.1 Å². The molecule has 7 nitrogen and oxygen atoms in total. The molecule has 0 spiro atoms. The van der Waals surface area contributed by atoms with Crippen molar-refractivity contribution in [2.24, 2.45) is 0 Å². The molecule has 0 aliphatic carbocycles. The first kappa shape index (κ1) is 18.7. The zero-order valence-corrected chi connectivity index (χ0v) is 16.7. The largest absolute Gasteiger partial charge is 0.486 e. The van der Waals surface area contributed by atoms with E-state index < -0.39 is 11.6 Å². The Morgan fingerprint density at radius 2 is 2.10 bits per heavy atom. The lowest BCUT2D eigenvalue weighted by Gasteiger charge is -2.36. The van der Waals surface area contributed by atoms with Crippen molar-refractivity contribution in [3.63, 3.8) is 0 Å². The molecule has 0 saturated carbocycles. The SMILES string of the molecule is C=C1NC[C@H](C)Oc2c(F)cc(F)cc2CN2c3nc4c1cnn4cc3OC[C@H]2C. The van der Waals surface area contributed by atoms with Crippen molar-refractivity contribution >= 4 is 17.2 Å². The lowest BCUT2D eigenvalue weighted by atomic mass is 10.1. The van der Waals surface area contributed by atoms with Crippen molar-refractivity contribution < 1.29 is 18.3 Å². The summed E-state index contributed by atoms with van der Waals surface area (Å²) in [4.78, 5) is 6.76. The third-order valence-electron chi connectivity index (χ3n) is 5.40. The normalized spacial score (nSPS) is 21.1. The molecule has 156 valence electrons. The fourth-order valence-corrected chi connectivity index (χ4v) is 3.80. The van der Waals surface area contributed by atoms with Gasteiger partial charge in [0.2, 0.25) is 0 Å². The highest BCUT2D eigenvalue weighted by molar-refractivity contribution is 5.75. The van der Waals surface area contributed by atoms with E-state index in [2.05, 4.69) is 17.0 Å². The minimum absolute atomic E-state index is 0.0416. The van der Waals surface area contributed by atoms with Gasteiger partial charge in [-0.05, 0) is 19.9 Å². The Morgan fingerprint density at radius 3 is 2.93 bits per heavy atom. The third kappa shape index (κ3) is 3.01. The Bertz CT molecular complexity index is 1160. The molecule has 0 saturated heterocycles. The number of ether oxygens (including phenoxy) is 2. The molecule has 0 radical (unpaired) electrons. The Balaban J connectivity index is 1.72. The molecule has 2 atom stereocenters. The highest BCUT2D eigenvalue weighted by Gasteiger charge is 2.30. The maximum atomic E-state index is 14.7. The summed E-state index contributed by atoms with van der Waals surface area (Å²) < 4.78 is 42.1. The topological polar surface area (TPSA) is 63.9 Å². The van der Waals surface area contributed by atoms with Gasteiger partial charge in [0.25, 0.3) is 0 Å². The van der Waals surface area contributed by atoms with Crippen LogP contribution in [0.3, 0.4) is 0 Å². The summed E-state index contributed by atoms with van der Waals surface area (Å²) in [6.45, 7) is 8.88. The van der Waals surface area contributed by atoms with Crippen molar-refractivity contribution in [3.8, 4) is 11.5 Å². The summed E-state index contributed by atoms with van der Waals surface area (Å²) in [5.74, 6) is -0.206. The average molecular weight is 413 g/mol. The summed E-state index contributed by atoms with van der Waals surface area (Å²) in [5, 5.41) is 7.56. The van der Waals surface area contributed by atoms with Crippen molar-refractivity contribution in [1.82, 2.24) is 19.9 Å². The summed E-state index contributed by atoms with van der Waals surface area (Å²) in [7, 11) is 0. The second kappa shape index (κ2) is 6.86. The molecule has 2 aliphatic rings. The zero-order chi connectivity index (χ0) is 21.0. The van der Waals surface area contributed by atoms with Crippen LogP contribution >= 0.6 is 0 Å². The van der Waals surface area contributed by atoms with E-state index >= 15 is 0 Å². The van der Waals surface area contributed by atoms with Crippen molar-refractivity contribution in [3.05, 3.63) is 53.9 Å². The molecule has 9 heteroatoms. The minimum Gasteiger partial charge on any atom is -0.486 e. The first-order valence-corrected chi connectivity index (χ1v) is 9.76. The molecule has 5 rings (SSSR count). The number of rotatable bonds is 0. The zero-order valence-electron chi connectivity index (χ0n) is 16.7. The van der Waals surface area contributed by atoms with Crippen LogP contribution < -0.4 is 19.7 Å². The fourth-order valence-electron chi connectivity index (χ4n) is 3.80. The fraction of sp³-hybridized carbons (Fsp3) is 0.333. The Hall–Kier alpha value is -3.36. The number of halogens is 2. The molecular formula is C21H21F2N5O2. The maximum absolute atomic E-state index is 14.7. The molecule has 3 aromatic rings. The molecule has 4 heterocycles. The number of hydrogen-bond donors (Lipinski definition) is 1. The van der Waals surface area contributed by atoms with Gasteiger partial charge in [0.1, 0.15) is 18.5 Å². The van der Waals surface area contributed by atoms with Gasteiger partial charge in [-0.2, -0.15) is 5.10 Å². The van der Waals surface area contributed by atoms with Gasteiger partial charge in [-0.3, -0.25) is 0 Å². The monoisotopic (exact) mass is 413 g/mol. The van der Waals surface area contributed by atoms with Crippen LogP contribution in [-0.4, -0.2) is 39.9 Å². The quantitative estimate of drug-likeness (QED) is 0.611. The summed E-state index contributed by atoms with van der Waals surface area (Å²) in [6.07, 6.45) is 3.06. The van der Waals surface area contributed by atoms with Crippen LogP contribution in [-0.2, 0) is 6.54 Å². The minimum atomic E-state index is -0.730. The van der Waals surface area contributed by atoms with E-state index in [0.29, 0.717) is 41.6 Å². The van der Waals surface area contributed by atoms with E-state index in [4.69, 9.17) is 14.5 Å². The highest BCUT2D eigenvalue weighted by atomic mass is 19.1. The molecular weight excluding hydrogens is 392 g/mol. The second-order valence-corrected chi connectivity index (χ2v) is 7.71. The highest BCUT2D eigenvalue weighted by Crippen LogP contribution is 2.36. The van der Waals surface area contributed by atoms with Gasteiger partial charge in [0, 0.05) is 23.9 Å². The molecule has 2 bridgehead atoms. The molecule has 0 fully saturated rings. The smallest absolute Gasteiger partial charge is 0.180 e. The van der Waals surface area contributed by atoms with Crippen molar-refractivity contribution in [2.45, 2.75) is 32.5 Å². The lowest BCUT2D eigenvalue weighted by Crippen LogP contribution is -2.41. The van der Waals surface area contributed by atoms with Crippen LogP contribution in [0.5, 0.6) is 11.5 Å². The lowest BCUT2D eigenvalue weighted by molar-refractivity contribution is 0.210. The van der Waals surface area contributed by atoms with Crippen LogP contribution in [0, 0.1) is 11.6 Å². The van der Waals surface area contributed by atoms with Crippen LogP contribution in [0.15, 0.2) is 31.1 Å². The number of aromatic nitrogens is 3. The molecule has 2 aliphatic heterocycles.